The fourth-order valence-corrected chi connectivity index (χ4v) is 1.94. The van der Waals surface area contributed by atoms with Gasteiger partial charge in [-0.3, -0.25) is 4.79 Å². The molecule has 0 aliphatic carbocycles. The second-order valence-electron chi connectivity index (χ2n) is 5.74. The van der Waals surface area contributed by atoms with Gasteiger partial charge in [-0.25, -0.2) is 9.97 Å². The third-order valence-electron chi connectivity index (χ3n) is 3.41. The molecule has 0 aliphatic rings. The Morgan fingerprint density at radius 2 is 2.00 bits per heavy atom. The molecule has 0 bridgehead atoms. The van der Waals surface area contributed by atoms with Crippen LogP contribution in [0, 0.1) is 19.8 Å². The third kappa shape index (κ3) is 4.04. The minimum absolute atomic E-state index is 0.233. The first-order chi connectivity index (χ1) is 10.5. The van der Waals surface area contributed by atoms with Crippen molar-refractivity contribution in [1.82, 2.24) is 9.97 Å². The van der Waals surface area contributed by atoms with Crippen molar-refractivity contribution in [3.8, 4) is 0 Å². The number of carbonyl (C=O) groups is 1. The molecule has 2 rings (SSSR count). The summed E-state index contributed by atoms with van der Waals surface area (Å²) in [5.74, 6) is 0.724. The van der Waals surface area contributed by atoms with Gasteiger partial charge in [0.25, 0.3) is 5.91 Å². The van der Waals surface area contributed by atoms with E-state index in [4.69, 9.17) is 0 Å². The van der Waals surface area contributed by atoms with Crippen molar-refractivity contribution in [2.45, 2.75) is 27.7 Å². The van der Waals surface area contributed by atoms with Crippen LogP contribution in [0.4, 0.5) is 11.6 Å². The van der Waals surface area contributed by atoms with Crippen molar-refractivity contribution in [3.05, 3.63) is 47.3 Å². The number of anilines is 2. The smallest absolute Gasteiger partial charge is 0.274 e. The maximum atomic E-state index is 12.3. The van der Waals surface area contributed by atoms with Crippen LogP contribution in [0.3, 0.4) is 0 Å². The molecule has 5 nitrogen and oxygen atoms in total. The Balaban J connectivity index is 2.12. The highest BCUT2D eigenvalue weighted by molar-refractivity contribution is 6.03. The van der Waals surface area contributed by atoms with Crippen LogP contribution >= 0.6 is 0 Å². The SMILES string of the molecule is Cc1cccc(NC(=O)c2ccnc(NCC(C)C)n2)c1C. The number of nitrogens with one attached hydrogen (secondary N) is 2. The predicted molar refractivity (Wildman–Crippen MR) is 89.2 cm³/mol. The maximum Gasteiger partial charge on any atom is 0.274 e. The summed E-state index contributed by atoms with van der Waals surface area (Å²) in [6, 6.07) is 7.44. The first-order valence-corrected chi connectivity index (χ1v) is 7.42. The molecule has 1 amide bonds. The molecule has 0 fully saturated rings. The minimum Gasteiger partial charge on any atom is -0.354 e. The van der Waals surface area contributed by atoms with Crippen molar-refractivity contribution >= 4 is 17.5 Å². The van der Waals surface area contributed by atoms with Crippen molar-refractivity contribution in [1.29, 1.82) is 0 Å². The molecule has 116 valence electrons. The summed E-state index contributed by atoms with van der Waals surface area (Å²) in [6.07, 6.45) is 1.59. The van der Waals surface area contributed by atoms with Crippen molar-refractivity contribution in [3.63, 3.8) is 0 Å². The highest BCUT2D eigenvalue weighted by Crippen LogP contribution is 2.18. The number of hydrogen-bond donors (Lipinski definition) is 2. The number of aryl methyl sites for hydroxylation is 1. The van der Waals surface area contributed by atoms with Gasteiger partial charge in [0.1, 0.15) is 5.69 Å². The number of carbonyl (C=O) groups excluding carboxylic acids is 1. The Labute approximate surface area is 131 Å². The molecule has 2 aromatic rings. The average Bonchev–Trinajstić information content (AvgIpc) is 2.50. The number of amides is 1. The molecule has 0 radical (unpaired) electrons. The lowest BCUT2D eigenvalue weighted by atomic mass is 10.1. The summed E-state index contributed by atoms with van der Waals surface area (Å²) >= 11 is 0. The van der Waals surface area contributed by atoms with E-state index in [0.717, 1.165) is 23.4 Å². The van der Waals surface area contributed by atoms with Gasteiger partial charge < -0.3 is 10.6 Å². The molecular formula is C17H22N4O. The van der Waals surface area contributed by atoms with Crippen LogP contribution in [-0.4, -0.2) is 22.4 Å². The summed E-state index contributed by atoms with van der Waals surface area (Å²) in [5, 5.41) is 6.02. The third-order valence-corrected chi connectivity index (χ3v) is 3.41. The number of rotatable bonds is 5. The largest absolute Gasteiger partial charge is 0.354 e. The van der Waals surface area contributed by atoms with Crippen LogP contribution in [0.2, 0.25) is 0 Å². The van der Waals surface area contributed by atoms with E-state index >= 15 is 0 Å². The molecule has 1 heterocycles. The van der Waals surface area contributed by atoms with Gasteiger partial charge in [0.05, 0.1) is 0 Å². The molecule has 0 saturated heterocycles. The van der Waals surface area contributed by atoms with Gasteiger partial charge in [-0.1, -0.05) is 26.0 Å². The zero-order valence-corrected chi connectivity index (χ0v) is 13.5. The van der Waals surface area contributed by atoms with Crippen LogP contribution in [0.5, 0.6) is 0 Å². The van der Waals surface area contributed by atoms with E-state index in [1.165, 1.54) is 0 Å². The quantitative estimate of drug-likeness (QED) is 0.887. The molecule has 5 heteroatoms. The lowest BCUT2D eigenvalue weighted by Gasteiger charge is -2.11. The van der Waals surface area contributed by atoms with Gasteiger partial charge in [-0.05, 0) is 43.0 Å². The zero-order valence-electron chi connectivity index (χ0n) is 13.5. The van der Waals surface area contributed by atoms with E-state index in [1.54, 1.807) is 12.3 Å². The van der Waals surface area contributed by atoms with Crippen LogP contribution in [0.15, 0.2) is 30.5 Å². The number of benzene rings is 1. The number of nitrogens with zero attached hydrogens (tertiary/aromatic N) is 2. The molecule has 0 spiro atoms. The summed E-state index contributed by atoms with van der Waals surface area (Å²) in [4.78, 5) is 20.7. The zero-order chi connectivity index (χ0) is 16.1. The Hall–Kier alpha value is -2.43. The maximum absolute atomic E-state index is 12.3. The predicted octanol–water partition coefficient (Wildman–Crippen LogP) is 3.41. The monoisotopic (exact) mass is 298 g/mol. The standard InChI is InChI=1S/C17H22N4O/c1-11(2)10-19-17-18-9-8-15(21-17)16(22)20-14-7-5-6-12(3)13(14)4/h5-9,11H,10H2,1-4H3,(H,20,22)(H,18,19,21). The second kappa shape index (κ2) is 7.02. The van der Waals surface area contributed by atoms with E-state index in [1.807, 2.05) is 32.0 Å². The molecule has 1 aromatic carbocycles. The molecule has 0 unspecified atom stereocenters. The number of hydrogen-bond acceptors (Lipinski definition) is 4. The fraction of sp³-hybridized carbons (Fsp3) is 0.353. The molecule has 0 saturated carbocycles. The fourth-order valence-electron chi connectivity index (χ4n) is 1.94. The topological polar surface area (TPSA) is 66.9 Å². The lowest BCUT2D eigenvalue weighted by molar-refractivity contribution is 0.102. The molecule has 2 N–H and O–H groups in total. The molecule has 1 aromatic heterocycles. The van der Waals surface area contributed by atoms with Gasteiger partial charge in [0.15, 0.2) is 0 Å². The Morgan fingerprint density at radius 1 is 1.23 bits per heavy atom. The van der Waals surface area contributed by atoms with Crippen LogP contribution in [0.1, 0.15) is 35.5 Å². The van der Waals surface area contributed by atoms with Crippen molar-refractivity contribution in [2.75, 3.05) is 17.2 Å². The highest BCUT2D eigenvalue weighted by atomic mass is 16.1. The van der Waals surface area contributed by atoms with Gasteiger partial charge in [0.2, 0.25) is 5.95 Å². The van der Waals surface area contributed by atoms with Gasteiger partial charge >= 0.3 is 0 Å². The average molecular weight is 298 g/mol. The Kier molecular flexibility index (Phi) is 5.09. The Bertz CT molecular complexity index is 667. The summed E-state index contributed by atoms with van der Waals surface area (Å²) in [5.41, 5.74) is 3.35. The van der Waals surface area contributed by atoms with Gasteiger partial charge in [0, 0.05) is 18.4 Å². The van der Waals surface area contributed by atoms with E-state index in [0.29, 0.717) is 17.6 Å². The summed E-state index contributed by atoms with van der Waals surface area (Å²) in [6.45, 7) is 8.97. The van der Waals surface area contributed by atoms with E-state index in [9.17, 15) is 4.79 Å². The summed E-state index contributed by atoms with van der Waals surface area (Å²) < 4.78 is 0. The number of aromatic nitrogens is 2. The van der Waals surface area contributed by atoms with Crippen molar-refractivity contribution in [2.24, 2.45) is 5.92 Å². The van der Waals surface area contributed by atoms with E-state index < -0.39 is 0 Å². The van der Waals surface area contributed by atoms with Crippen LogP contribution < -0.4 is 10.6 Å². The molecular weight excluding hydrogens is 276 g/mol. The van der Waals surface area contributed by atoms with Gasteiger partial charge in [-0.2, -0.15) is 0 Å². The molecule has 0 aliphatic heterocycles. The summed E-state index contributed by atoms with van der Waals surface area (Å²) in [7, 11) is 0. The molecule has 22 heavy (non-hydrogen) atoms. The van der Waals surface area contributed by atoms with Crippen LogP contribution in [-0.2, 0) is 0 Å². The lowest BCUT2D eigenvalue weighted by Crippen LogP contribution is -2.17. The molecule has 0 atom stereocenters. The van der Waals surface area contributed by atoms with E-state index in [2.05, 4.69) is 34.4 Å². The van der Waals surface area contributed by atoms with Gasteiger partial charge in [-0.15, -0.1) is 0 Å². The first-order valence-electron chi connectivity index (χ1n) is 7.42. The van der Waals surface area contributed by atoms with Crippen molar-refractivity contribution < 1.29 is 4.79 Å². The first kappa shape index (κ1) is 15.9. The highest BCUT2D eigenvalue weighted by Gasteiger charge is 2.11. The van der Waals surface area contributed by atoms with Crippen LogP contribution in [0.25, 0.3) is 0 Å². The second-order valence-corrected chi connectivity index (χ2v) is 5.74. The Morgan fingerprint density at radius 3 is 2.73 bits per heavy atom. The normalized spacial score (nSPS) is 10.6. The van der Waals surface area contributed by atoms with E-state index in [-0.39, 0.29) is 5.91 Å². The minimum atomic E-state index is -0.233.